The van der Waals surface area contributed by atoms with E-state index in [1.54, 1.807) is 24.8 Å². The third-order valence-corrected chi connectivity index (χ3v) is 5.59. The molecule has 0 bridgehead atoms. The lowest BCUT2D eigenvalue weighted by atomic mass is 10.0. The van der Waals surface area contributed by atoms with Crippen molar-refractivity contribution in [1.82, 2.24) is 10.3 Å². The molecule has 2 aromatic heterocycles. The molecule has 1 fully saturated rings. The number of aromatic amines is 1. The number of rotatable bonds is 4. The monoisotopic (exact) mass is 399 g/mol. The highest BCUT2D eigenvalue weighted by Crippen LogP contribution is 2.29. The summed E-state index contributed by atoms with van der Waals surface area (Å²) in [5.74, 6) is -0.202. The van der Waals surface area contributed by atoms with Crippen LogP contribution in [0.3, 0.4) is 0 Å². The summed E-state index contributed by atoms with van der Waals surface area (Å²) < 4.78 is 5.16. The predicted molar refractivity (Wildman–Crippen MR) is 118 cm³/mol. The van der Waals surface area contributed by atoms with Crippen LogP contribution >= 0.6 is 0 Å². The molecule has 150 valence electrons. The van der Waals surface area contributed by atoms with Gasteiger partial charge in [-0.2, -0.15) is 0 Å². The van der Waals surface area contributed by atoms with Gasteiger partial charge in [0.2, 0.25) is 5.88 Å². The van der Waals surface area contributed by atoms with Gasteiger partial charge >= 0.3 is 0 Å². The second-order valence-corrected chi connectivity index (χ2v) is 7.49. The number of nitrogens with zero attached hydrogens (tertiary/aromatic N) is 1. The molecule has 0 amide bonds. The SMILES string of the molecule is O=c1[nH]c(O)c(C=Nc2ccc(C3CCCN3)cc2)c2cc(-c3ccoc3)ccc12. The lowest BCUT2D eigenvalue weighted by molar-refractivity contribution is 0.452. The molecule has 5 rings (SSSR count). The van der Waals surface area contributed by atoms with Crippen LogP contribution in [-0.2, 0) is 0 Å². The maximum Gasteiger partial charge on any atom is 0.258 e. The number of pyridine rings is 1. The topological polar surface area (TPSA) is 90.6 Å². The van der Waals surface area contributed by atoms with Crippen molar-refractivity contribution >= 4 is 22.7 Å². The van der Waals surface area contributed by atoms with Crippen molar-refractivity contribution in [3.05, 3.63) is 82.5 Å². The fraction of sp³-hybridized carbons (Fsp3) is 0.167. The summed E-state index contributed by atoms with van der Waals surface area (Å²) in [6, 6.07) is 15.8. The van der Waals surface area contributed by atoms with E-state index in [1.165, 1.54) is 12.0 Å². The lowest BCUT2D eigenvalue weighted by Gasteiger charge is -2.10. The van der Waals surface area contributed by atoms with Crippen LogP contribution in [-0.4, -0.2) is 22.8 Å². The van der Waals surface area contributed by atoms with Gasteiger partial charge in [0.25, 0.3) is 5.56 Å². The molecule has 1 aliphatic heterocycles. The smallest absolute Gasteiger partial charge is 0.258 e. The summed E-state index contributed by atoms with van der Waals surface area (Å²) in [7, 11) is 0. The van der Waals surface area contributed by atoms with Gasteiger partial charge in [-0.3, -0.25) is 14.8 Å². The van der Waals surface area contributed by atoms with E-state index in [4.69, 9.17) is 4.42 Å². The van der Waals surface area contributed by atoms with Crippen LogP contribution in [0.15, 0.2) is 75.3 Å². The molecule has 30 heavy (non-hydrogen) atoms. The minimum atomic E-state index is -0.341. The maximum absolute atomic E-state index is 12.3. The Kier molecular flexibility index (Phi) is 4.69. The van der Waals surface area contributed by atoms with Gasteiger partial charge < -0.3 is 14.8 Å². The molecule has 1 atom stereocenters. The normalized spacial score (nSPS) is 16.6. The molecule has 6 nitrogen and oxygen atoms in total. The number of fused-ring (bicyclic) bond motifs is 1. The second-order valence-electron chi connectivity index (χ2n) is 7.49. The molecule has 1 unspecified atom stereocenters. The van der Waals surface area contributed by atoms with Crippen LogP contribution in [0, 0.1) is 0 Å². The highest BCUT2D eigenvalue weighted by Gasteiger charge is 2.15. The van der Waals surface area contributed by atoms with Crippen molar-refractivity contribution in [3.8, 4) is 17.0 Å². The first-order valence-corrected chi connectivity index (χ1v) is 9.98. The van der Waals surface area contributed by atoms with Gasteiger partial charge in [0.05, 0.1) is 23.8 Å². The molecule has 3 heterocycles. The quantitative estimate of drug-likeness (QED) is 0.435. The minimum Gasteiger partial charge on any atom is -0.494 e. The fourth-order valence-electron chi connectivity index (χ4n) is 3.97. The Morgan fingerprint density at radius 3 is 2.67 bits per heavy atom. The Hall–Kier alpha value is -3.64. The first-order valence-electron chi connectivity index (χ1n) is 9.98. The van der Waals surface area contributed by atoms with Crippen LogP contribution in [0.25, 0.3) is 21.9 Å². The van der Waals surface area contributed by atoms with Gasteiger partial charge in [-0.05, 0) is 60.8 Å². The summed E-state index contributed by atoms with van der Waals surface area (Å²) in [6.07, 6.45) is 7.18. The second kappa shape index (κ2) is 7.65. The third kappa shape index (κ3) is 3.42. The van der Waals surface area contributed by atoms with Crippen LogP contribution in [0.2, 0.25) is 0 Å². The number of aliphatic imine (C=N–C) groups is 1. The predicted octanol–water partition coefficient (Wildman–Crippen LogP) is 4.67. The van der Waals surface area contributed by atoms with Crippen LogP contribution in [0.4, 0.5) is 5.69 Å². The minimum absolute atomic E-state index is 0.202. The zero-order chi connectivity index (χ0) is 20.5. The number of furan rings is 1. The van der Waals surface area contributed by atoms with Crippen LogP contribution < -0.4 is 10.9 Å². The zero-order valence-electron chi connectivity index (χ0n) is 16.3. The Labute approximate surface area is 172 Å². The molecule has 0 aliphatic carbocycles. The van der Waals surface area contributed by atoms with Gasteiger partial charge in [-0.1, -0.05) is 18.2 Å². The van der Waals surface area contributed by atoms with Crippen molar-refractivity contribution in [2.75, 3.05) is 6.54 Å². The third-order valence-electron chi connectivity index (χ3n) is 5.59. The van der Waals surface area contributed by atoms with Crippen molar-refractivity contribution in [2.45, 2.75) is 18.9 Å². The van der Waals surface area contributed by atoms with E-state index in [-0.39, 0.29) is 11.4 Å². The van der Waals surface area contributed by atoms with E-state index in [2.05, 4.69) is 27.4 Å². The lowest BCUT2D eigenvalue weighted by Crippen LogP contribution is -2.12. The average Bonchev–Trinajstić information content (AvgIpc) is 3.48. The van der Waals surface area contributed by atoms with E-state index in [0.717, 1.165) is 29.8 Å². The molecular weight excluding hydrogens is 378 g/mol. The zero-order valence-corrected chi connectivity index (χ0v) is 16.3. The number of aromatic hydroxyl groups is 1. The van der Waals surface area contributed by atoms with Crippen LogP contribution in [0.1, 0.15) is 30.0 Å². The van der Waals surface area contributed by atoms with Crippen molar-refractivity contribution < 1.29 is 9.52 Å². The number of benzene rings is 2. The molecule has 1 aliphatic rings. The van der Waals surface area contributed by atoms with E-state index in [0.29, 0.717) is 22.4 Å². The summed E-state index contributed by atoms with van der Waals surface area (Å²) >= 11 is 0. The van der Waals surface area contributed by atoms with E-state index >= 15 is 0 Å². The molecule has 0 saturated carbocycles. The van der Waals surface area contributed by atoms with E-state index in [1.807, 2.05) is 30.3 Å². The first kappa shape index (κ1) is 18.4. The Morgan fingerprint density at radius 1 is 1.07 bits per heavy atom. The maximum atomic E-state index is 12.3. The number of aromatic nitrogens is 1. The van der Waals surface area contributed by atoms with Gasteiger partial charge in [-0.15, -0.1) is 0 Å². The molecule has 6 heteroatoms. The number of nitrogens with one attached hydrogen (secondary N) is 2. The van der Waals surface area contributed by atoms with Gasteiger partial charge in [0, 0.05) is 28.6 Å². The van der Waals surface area contributed by atoms with Crippen molar-refractivity contribution in [3.63, 3.8) is 0 Å². The highest BCUT2D eigenvalue weighted by atomic mass is 16.3. The van der Waals surface area contributed by atoms with E-state index < -0.39 is 0 Å². The molecule has 2 aromatic carbocycles. The van der Waals surface area contributed by atoms with Crippen LogP contribution in [0.5, 0.6) is 5.88 Å². The number of hydrogen-bond acceptors (Lipinski definition) is 5. The molecule has 3 N–H and O–H groups in total. The number of H-pyrrole nitrogens is 1. The summed E-state index contributed by atoms with van der Waals surface area (Å²) in [4.78, 5) is 19.3. The Bertz CT molecular complexity index is 1270. The van der Waals surface area contributed by atoms with Crippen molar-refractivity contribution in [2.24, 2.45) is 4.99 Å². The van der Waals surface area contributed by atoms with Gasteiger partial charge in [0.1, 0.15) is 0 Å². The van der Waals surface area contributed by atoms with Crippen molar-refractivity contribution in [1.29, 1.82) is 0 Å². The summed E-state index contributed by atoms with van der Waals surface area (Å²) in [5, 5.41) is 15.0. The summed E-state index contributed by atoms with van der Waals surface area (Å²) in [5.41, 5.74) is 3.96. The Morgan fingerprint density at radius 2 is 1.93 bits per heavy atom. The molecule has 0 spiro atoms. The molecule has 1 saturated heterocycles. The molecular formula is C24H21N3O3. The average molecular weight is 399 g/mol. The first-order chi connectivity index (χ1) is 14.7. The van der Waals surface area contributed by atoms with Gasteiger partial charge in [0.15, 0.2) is 0 Å². The Balaban J connectivity index is 1.52. The largest absolute Gasteiger partial charge is 0.494 e. The molecule has 4 aromatic rings. The highest BCUT2D eigenvalue weighted by molar-refractivity contribution is 6.03. The summed E-state index contributed by atoms with van der Waals surface area (Å²) in [6.45, 7) is 1.06. The fourth-order valence-corrected chi connectivity index (χ4v) is 3.97. The molecule has 0 radical (unpaired) electrons. The van der Waals surface area contributed by atoms with Gasteiger partial charge in [-0.25, -0.2) is 0 Å². The standard InChI is InChI=1S/C24H21N3O3/c28-23-19-8-5-16(17-9-11-30-14-17)12-20(19)21(24(29)27-23)13-26-18-6-3-15(4-7-18)22-2-1-10-25-22/h3-9,11-14,22,25H,1-2,10H2,(H2,27,28,29). The number of hydrogen-bond donors (Lipinski definition) is 3. The van der Waals surface area contributed by atoms with E-state index in [9.17, 15) is 9.90 Å².